The van der Waals surface area contributed by atoms with E-state index in [1.54, 1.807) is 24.1 Å². The Morgan fingerprint density at radius 1 is 1.08 bits per heavy atom. The summed E-state index contributed by atoms with van der Waals surface area (Å²) in [6.45, 7) is 4.41. The van der Waals surface area contributed by atoms with Crippen LogP contribution in [0.3, 0.4) is 0 Å². The zero-order valence-electron chi connectivity index (χ0n) is 20.0. The van der Waals surface area contributed by atoms with Crippen molar-refractivity contribution in [2.45, 2.75) is 18.3 Å². The quantitative estimate of drug-likeness (QED) is 0.342. The van der Waals surface area contributed by atoms with Gasteiger partial charge in [0.2, 0.25) is 0 Å². The third kappa shape index (κ3) is 6.91. The summed E-state index contributed by atoms with van der Waals surface area (Å²) in [7, 11) is 1.60. The van der Waals surface area contributed by atoms with E-state index in [1.807, 2.05) is 70.9 Å². The van der Waals surface area contributed by atoms with E-state index in [2.05, 4.69) is 11.6 Å². The molecule has 0 aliphatic carbocycles. The fraction of sp³-hybridized carbons (Fsp3) is 0.296. The third-order valence-corrected chi connectivity index (χ3v) is 5.94. The Balaban J connectivity index is 1.91. The first-order chi connectivity index (χ1) is 17.2. The van der Waals surface area contributed by atoms with Crippen LogP contribution in [0.5, 0.6) is 0 Å². The molecule has 1 heterocycles. The summed E-state index contributed by atoms with van der Waals surface area (Å²) >= 11 is 0. The number of hydrogen-bond donors (Lipinski definition) is 1. The van der Waals surface area contributed by atoms with Crippen molar-refractivity contribution in [3.63, 3.8) is 0 Å². The molecule has 1 aliphatic rings. The van der Waals surface area contributed by atoms with E-state index in [0.717, 1.165) is 11.1 Å². The van der Waals surface area contributed by atoms with Crippen LogP contribution in [0.25, 0.3) is 0 Å². The fourth-order valence-corrected chi connectivity index (χ4v) is 4.25. The van der Waals surface area contributed by atoms with Gasteiger partial charge in [-0.25, -0.2) is 0 Å². The van der Waals surface area contributed by atoms with E-state index in [0.29, 0.717) is 13.1 Å². The lowest BCUT2D eigenvalue weighted by Crippen LogP contribution is -2.59. The molecule has 1 atom stereocenters. The number of carbonyl (C=O) groups is 2. The Hall–Kier alpha value is -3.72. The maximum absolute atomic E-state index is 13.0. The molecule has 1 unspecified atom stereocenters. The normalized spacial score (nSPS) is 17.1. The number of allylic oxidation sites excluding steroid dienone is 1. The number of halogens is 3. The van der Waals surface area contributed by atoms with Crippen LogP contribution >= 0.6 is 0 Å². The number of piperazine rings is 1. The predicted molar refractivity (Wildman–Crippen MR) is 134 cm³/mol. The Kier molecular flexibility index (Phi) is 9.19. The molecule has 0 saturated carbocycles. The number of carbonyl (C=O) groups excluding carboxylic acids is 2. The van der Waals surface area contributed by atoms with Gasteiger partial charge in [0.15, 0.2) is 0 Å². The molecule has 2 aromatic carbocycles. The first-order valence-electron chi connectivity index (χ1n) is 11.5. The maximum Gasteiger partial charge on any atom is 0.471 e. The van der Waals surface area contributed by atoms with Crippen LogP contribution in [0.15, 0.2) is 90.0 Å². The molecule has 3 rings (SSSR count). The molecule has 1 fully saturated rings. The lowest BCUT2D eigenvalue weighted by Gasteiger charge is -2.45. The van der Waals surface area contributed by atoms with E-state index >= 15 is 0 Å². The number of hydrogen-bond acceptors (Lipinski definition) is 4. The molecule has 2 amide bonds. The average Bonchev–Trinajstić information content (AvgIpc) is 2.88. The van der Waals surface area contributed by atoms with E-state index < -0.39 is 18.1 Å². The summed E-state index contributed by atoms with van der Waals surface area (Å²) in [5.74, 6) is -2.33. The second kappa shape index (κ2) is 12.3. The van der Waals surface area contributed by atoms with Gasteiger partial charge >= 0.3 is 12.1 Å². The number of amides is 2. The zero-order valence-corrected chi connectivity index (χ0v) is 20.0. The Bertz CT molecular complexity index is 1060. The van der Waals surface area contributed by atoms with Crippen LogP contribution in [0.4, 0.5) is 13.2 Å². The second-order valence-corrected chi connectivity index (χ2v) is 8.37. The molecule has 1 N–H and O–H groups in total. The maximum atomic E-state index is 13.0. The topological polar surface area (TPSA) is 65.0 Å². The molecule has 0 bridgehead atoms. The molecule has 9 heteroatoms. The zero-order chi connectivity index (χ0) is 26.1. The molecule has 6 nitrogen and oxygen atoms in total. The van der Waals surface area contributed by atoms with Crippen LogP contribution in [-0.4, -0.2) is 73.3 Å². The van der Waals surface area contributed by atoms with E-state index in [9.17, 15) is 22.8 Å². The lowest BCUT2D eigenvalue weighted by atomic mass is 9.94. The molecular formula is C27H29F3N4O2. The van der Waals surface area contributed by atoms with Crippen molar-refractivity contribution in [2.75, 3.05) is 33.2 Å². The molecule has 0 radical (unpaired) electrons. The summed E-state index contributed by atoms with van der Waals surface area (Å²) in [5, 5.41) is 2.01. The van der Waals surface area contributed by atoms with Crippen molar-refractivity contribution in [3.05, 3.63) is 96.1 Å². The molecule has 1 saturated heterocycles. The third-order valence-electron chi connectivity index (χ3n) is 5.94. The number of aliphatic imine (C=N–C) groups is 1. The number of benzene rings is 2. The summed E-state index contributed by atoms with van der Waals surface area (Å²) in [4.78, 5) is 32.1. The second-order valence-electron chi connectivity index (χ2n) is 8.37. The first kappa shape index (κ1) is 26.9. The highest BCUT2D eigenvalue weighted by molar-refractivity contribution is 5.96. The monoisotopic (exact) mass is 498 g/mol. The van der Waals surface area contributed by atoms with E-state index in [1.165, 1.54) is 6.21 Å². The van der Waals surface area contributed by atoms with Crippen LogP contribution in [0.2, 0.25) is 0 Å². The van der Waals surface area contributed by atoms with Crippen LogP contribution < -0.4 is 5.32 Å². The Labute approximate surface area is 208 Å². The van der Waals surface area contributed by atoms with Gasteiger partial charge in [0, 0.05) is 51.1 Å². The Morgan fingerprint density at radius 3 is 2.19 bits per heavy atom. The van der Waals surface area contributed by atoms with Crippen molar-refractivity contribution < 1.29 is 22.8 Å². The summed E-state index contributed by atoms with van der Waals surface area (Å²) in [6, 6.07) is 18.4. The summed E-state index contributed by atoms with van der Waals surface area (Å²) in [5.41, 5.74) is 2.16. The standard InChI is InChI=1S/C27H29F3N4O2/c1-20(10-9-15-31-2)25(35)33-16-17-34(23(19-33)18-32-26(36)27(28,29)30)24(21-11-5-3-6-12-21)22-13-7-4-8-14-22/h3-15,23-24H,1,16-19H2,2H3,(H,32,36)/b10-9-,31-15?. The van der Waals surface area contributed by atoms with Gasteiger partial charge in [-0.2, -0.15) is 13.2 Å². The van der Waals surface area contributed by atoms with Crippen molar-refractivity contribution >= 4 is 18.0 Å². The number of nitrogens with one attached hydrogen (secondary N) is 1. The minimum atomic E-state index is -4.99. The molecule has 1 aliphatic heterocycles. The highest BCUT2D eigenvalue weighted by Gasteiger charge is 2.40. The number of nitrogens with zero attached hydrogens (tertiary/aromatic N) is 3. The minimum Gasteiger partial charge on any atom is -0.347 e. The largest absolute Gasteiger partial charge is 0.471 e. The van der Waals surface area contributed by atoms with Gasteiger partial charge in [-0.15, -0.1) is 0 Å². The molecule has 36 heavy (non-hydrogen) atoms. The molecule has 0 spiro atoms. The van der Waals surface area contributed by atoms with Crippen molar-refractivity contribution in [1.82, 2.24) is 15.1 Å². The van der Waals surface area contributed by atoms with E-state index in [4.69, 9.17) is 0 Å². The van der Waals surface area contributed by atoms with Gasteiger partial charge in [-0.3, -0.25) is 19.5 Å². The molecule has 2 aromatic rings. The predicted octanol–water partition coefficient (Wildman–Crippen LogP) is 3.78. The fourth-order valence-electron chi connectivity index (χ4n) is 4.25. The van der Waals surface area contributed by atoms with Crippen LogP contribution in [0.1, 0.15) is 17.2 Å². The van der Waals surface area contributed by atoms with Crippen LogP contribution in [-0.2, 0) is 9.59 Å². The van der Waals surface area contributed by atoms with E-state index in [-0.39, 0.29) is 30.6 Å². The summed E-state index contributed by atoms with van der Waals surface area (Å²) in [6.07, 6.45) is -0.333. The molecular weight excluding hydrogens is 469 g/mol. The lowest BCUT2D eigenvalue weighted by molar-refractivity contribution is -0.174. The molecule has 190 valence electrons. The average molecular weight is 499 g/mol. The highest BCUT2D eigenvalue weighted by atomic mass is 19.4. The summed E-state index contributed by atoms with van der Waals surface area (Å²) < 4.78 is 38.8. The van der Waals surface area contributed by atoms with Gasteiger partial charge in [0.25, 0.3) is 5.91 Å². The molecule has 0 aromatic heterocycles. The SMILES string of the molecule is C=C(/C=C\C=NC)C(=O)N1CCN(C(c2ccccc2)c2ccccc2)C(CNC(=O)C(F)(F)F)C1. The van der Waals surface area contributed by atoms with Gasteiger partial charge in [0.1, 0.15) is 0 Å². The minimum absolute atomic E-state index is 0.127. The smallest absolute Gasteiger partial charge is 0.347 e. The van der Waals surface area contributed by atoms with Gasteiger partial charge in [0.05, 0.1) is 6.04 Å². The van der Waals surface area contributed by atoms with Crippen LogP contribution in [0, 0.1) is 0 Å². The van der Waals surface area contributed by atoms with Gasteiger partial charge in [-0.1, -0.05) is 67.2 Å². The van der Waals surface area contributed by atoms with Crippen molar-refractivity contribution in [1.29, 1.82) is 0 Å². The number of rotatable bonds is 8. The van der Waals surface area contributed by atoms with Gasteiger partial charge < -0.3 is 10.2 Å². The van der Waals surface area contributed by atoms with Crippen molar-refractivity contribution in [3.8, 4) is 0 Å². The number of alkyl halides is 3. The van der Waals surface area contributed by atoms with Crippen molar-refractivity contribution in [2.24, 2.45) is 4.99 Å². The Morgan fingerprint density at radius 2 is 1.67 bits per heavy atom. The first-order valence-corrected chi connectivity index (χ1v) is 11.5. The van der Waals surface area contributed by atoms with Gasteiger partial charge in [-0.05, 0) is 23.3 Å². The highest BCUT2D eigenvalue weighted by Crippen LogP contribution is 2.32.